The van der Waals surface area contributed by atoms with Crippen LogP contribution in [-0.2, 0) is 0 Å². The third kappa shape index (κ3) is 4.07. The summed E-state index contributed by atoms with van der Waals surface area (Å²) in [6.45, 7) is 7.32. The van der Waals surface area contributed by atoms with Gasteiger partial charge in [0.25, 0.3) is 0 Å². The maximum absolute atomic E-state index is 11.7. The van der Waals surface area contributed by atoms with Gasteiger partial charge in [-0.25, -0.2) is 4.79 Å². The molecule has 0 aromatic heterocycles. The van der Waals surface area contributed by atoms with Crippen molar-refractivity contribution in [3.63, 3.8) is 0 Å². The summed E-state index contributed by atoms with van der Waals surface area (Å²) < 4.78 is 0. The zero-order valence-corrected chi connectivity index (χ0v) is 10.8. The van der Waals surface area contributed by atoms with E-state index in [1.165, 1.54) is 0 Å². The van der Waals surface area contributed by atoms with Crippen molar-refractivity contribution in [3.05, 3.63) is 29.3 Å². The van der Waals surface area contributed by atoms with Crippen LogP contribution in [0, 0.1) is 13.8 Å². The number of anilines is 1. The molecule has 0 bridgehead atoms. The number of aliphatic hydroxyl groups is 1. The van der Waals surface area contributed by atoms with E-state index in [0.29, 0.717) is 0 Å². The largest absolute Gasteiger partial charge is 0.394 e. The molecular weight excluding hydrogens is 216 g/mol. The van der Waals surface area contributed by atoms with Crippen molar-refractivity contribution in [2.75, 3.05) is 11.9 Å². The van der Waals surface area contributed by atoms with Crippen LogP contribution in [0.25, 0.3) is 0 Å². The predicted octanol–water partition coefficient (Wildman–Crippen LogP) is 2.20. The topological polar surface area (TPSA) is 61.4 Å². The van der Waals surface area contributed by atoms with E-state index in [1.807, 2.05) is 32.0 Å². The molecule has 0 heterocycles. The first-order valence-corrected chi connectivity index (χ1v) is 5.61. The third-order valence-electron chi connectivity index (χ3n) is 2.49. The van der Waals surface area contributed by atoms with Gasteiger partial charge in [-0.15, -0.1) is 0 Å². The second-order valence-electron chi connectivity index (χ2n) is 4.94. The number of hydrogen-bond acceptors (Lipinski definition) is 2. The summed E-state index contributed by atoms with van der Waals surface area (Å²) in [6, 6.07) is 5.57. The maximum Gasteiger partial charge on any atom is 0.319 e. The summed E-state index contributed by atoms with van der Waals surface area (Å²) in [7, 11) is 0. The first-order chi connectivity index (χ1) is 7.84. The number of aryl methyl sites for hydroxylation is 2. The molecule has 0 atom stereocenters. The van der Waals surface area contributed by atoms with Crippen LogP contribution in [0.3, 0.4) is 0 Å². The van der Waals surface area contributed by atoms with E-state index in [4.69, 9.17) is 5.11 Å². The molecule has 0 radical (unpaired) electrons. The van der Waals surface area contributed by atoms with Gasteiger partial charge in [-0.2, -0.15) is 0 Å². The van der Waals surface area contributed by atoms with Crippen LogP contribution in [-0.4, -0.2) is 23.3 Å². The fourth-order valence-corrected chi connectivity index (χ4v) is 1.37. The van der Waals surface area contributed by atoms with Crippen molar-refractivity contribution in [1.82, 2.24) is 5.32 Å². The highest BCUT2D eigenvalue weighted by molar-refractivity contribution is 5.90. The van der Waals surface area contributed by atoms with Crippen molar-refractivity contribution in [1.29, 1.82) is 0 Å². The first kappa shape index (κ1) is 13.5. The van der Waals surface area contributed by atoms with Gasteiger partial charge in [-0.05, 0) is 44.9 Å². The quantitative estimate of drug-likeness (QED) is 0.753. The Kier molecular flexibility index (Phi) is 4.12. The van der Waals surface area contributed by atoms with Gasteiger partial charge < -0.3 is 15.7 Å². The molecule has 0 aliphatic heterocycles. The van der Waals surface area contributed by atoms with Crippen LogP contribution in [0.2, 0.25) is 0 Å². The third-order valence-corrected chi connectivity index (χ3v) is 2.49. The van der Waals surface area contributed by atoms with Gasteiger partial charge in [0, 0.05) is 5.69 Å². The monoisotopic (exact) mass is 236 g/mol. The number of urea groups is 1. The molecule has 0 aliphatic rings. The fraction of sp³-hybridized carbons (Fsp3) is 0.462. The fourth-order valence-electron chi connectivity index (χ4n) is 1.37. The van der Waals surface area contributed by atoms with E-state index < -0.39 is 5.54 Å². The first-order valence-electron chi connectivity index (χ1n) is 5.61. The molecule has 3 N–H and O–H groups in total. The molecule has 2 amide bonds. The predicted molar refractivity (Wildman–Crippen MR) is 69.2 cm³/mol. The normalized spacial score (nSPS) is 11.1. The molecule has 94 valence electrons. The minimum atomic E-state index is -0.623. The molecule has 0 saturated carbocycles. The van der Waals surface area contributed by atoms with E-state index in [0.717, 1.165) is 16.8 Å². The van der Waals surface area contributed by atoms with Crippen molar-refractivity contribution in [2.24, 2.45) is 0 Å². The second-order valence-corrected chi connectivity index (χ2v) is 4.94. The molecule has 17 heavy (non-hydrogen) atoms. The molecule has 1 aromatic rings. The Labute approximate surface area is 102 Å². The van der Waals surface area contributed by atoms with E-state index in [2.05, 4.69) is 10.6 Å². The van der Waals surface area contributed by atoms with Crippen LogP contribution >= 0.6 is 0 Å². The van der Waals surface area contributed by atoms with Crippen molar-refractivity contribution < 1.29 is 9.90 Å². The average molecular weight is 236 g/mol. The smallest absolute Gasteiger partial charge is 0.319 e. The van der Waals surface area contributed by atoms with Crippen molar-refractivity contribution >= 4 is 11.7 Å². The highest BCUT2D eigenvalue weighted by Gasteiger charge is 2.19. The molecule has 4 heteroatoms. The number of hydrogen-bond donors (Lipinski definition) is 3. The number of aliphatic hydroxyl groups excluding tert-OH is 1. The number of carbonyl (C=O) groups excluding carboxylic acids is 1. The van der Waals surface area contributed by atoms with Crippen LogP contribution in [0.5, 0.6) is 0 Å². The number of benzene rings is 1. The maximum atomic E-state index is 11.7. The summed E-state index contributed by atoms with van der Waals surface area (Å²) in [6.07, 6.45) is 0. The van der Waals surface area contributed by atoms with Crippen LogP contribution < -0.4 is 10.6 Å². The van der Waals surface area contributed by atoms with E-state index >= 15 is 0 Å². The SMILES string of the molecule is Cc1ccc(C)c(NC(=O)NC(C)(C)CO)c1. The Morgan fingerprint density at radius 1 is 1.35 bits per heavy atom. The van der Waals surface area contributed by atoms with E-state index in [-0.39, 0.29) is 12.6 Å². The molecule has 0 aliphatic carbocycles. The summed E-state index contributed by atoms with van der Waals surface area (Å²) in [5, 5.41) is 14.5. The highest BCUT2D eigenvalue weighted by Crippen LogP contribution is 2.16. The molecule has 0 saturated heterocycles. The lowest BCUT2D eigenvalue weighted by Crippen LogP contribution is -2.48. The second kappa shape index (κ2) is 5.19. The lowest BCUT2D eigenvalue weighted by Gasteiger charge is -2.23. The van der Waals surface area contributed by atoms with Crippen molar-refractivity contribution in [3.8, 4) is 0 Å². The van der Waals surface area contributed by atoms with Gasteiger partial charge in [-0.1, -0.05) is 12.1 Å². The van der Waals surface area contributed by atoms with Gasteiger partial charge in [0.2, 0.25) is 0 Å². The van der Waals surface area contributed by atoms with Gasteiger partial charge in [0.05, 0.1) is 12.1 Å². The van der Waals surface area contributed by atoms with Gasteiger partial charge in [0.1, 0.15) is 0 Å². The number of carbonyl (C=O) groups is 1. The van der Waals surface area contributed by atoms with Crippen molar-refractivity contribution in [2.45, 2.75) is 33.2 Å². The summed E-state index contributed by atoms with van der Waals surface area (Å²) >= 11 is 0. The number of amides is 2. The minimum Gasteiger partial charge on any atom is -0.394 e. The summed E-state index contributed by atoms with van der Waals surface area (Å²) in [5.41, 5.74) is 2.26. The molecular formula is C13H20N2O2. The Morgan fingerprint density at radius 3 is 2.59 bits per heavy atom. The van der Waals surface area contributed by atoms with Crippen LogP contribution in [0.15, 0.2) is 18.2 Å². The Morgan fingerprint density at radius 2 is 2.00 bits per heavy atom. The highest BCUT2D eigenvalue weighted by atomic mass is 16.3. The van der Waals surface area contributed by atoms with Gasteiger partial charge in [-0.3, -0.25) is 0 Å². The molecule has 1 rings (SSSR count). The Hall–Kier alpha value is -1.55. The Bertz CT molecular complexity index is 414. The van der Waals surface area contributed by atoms with E-state index in [9.17, 15) is 4.79 Å². The molecule has 4 nitrogen and oxygen atoms in total. The number of nitrogens with one attached hydrogen (secondary N) is 2. The average Bonchev–Trinajstić information content (AvgIpc) is 2.23. The Balaban J connectivity index is 2.71. The zero-order valence-electron chi connectivity index (χ0n) is 10.8. The molecule has 0 fully saturated rings. The summed E-state index contributed by atoms with van der Waals surface area (Å²) in [4.78, 5) is 11.7. The summed E-state index contributed by atoms with van der Waals surface area (Å²) in [5.74, 6) is 0. The molecule has 1 aromatic carbocycles. The lowest BCUT2D eigenvalue weighted by atomic mass is 10.1. The van der Waals surface area contributed by atoms with Gasteiger partial charge >= 0.3 is 6.03 Å². The van der Waals surface area contributed by atoms with E-state index in [1.54, 1.807) is 13.8 Å². The standard InChI is InChI=1S/C13H20N2O2/c1-9-5-6-10(2)11(7-9)14-12(17)15-13(3,4)8-16/h5-7,16H,8H2,1-4H3,(H2,14,15,17). The minimum absolute atomic E-state index is 0.104. The lowest BCUT2D eigenvalue weighted by molar-refractivity contribution is 0.187. The number of rotatable bonds is 3. The van der Waals surface area contributed by atoms with Crippen LogP contribution in [0.1, 0.15) is 25.0 Å². The molecule has 0 spiro atoms. The van der Waals surface area contributed by atoms with Gasteiger partial charge in [0.15, 0.2) is 0 Å². The molecule has 0 unspecified atom stereocenters. The van der Waals surface area contributed by atoms with Crippen LogP contribution in [0.4, 0.5) is 10.5 Å². The zero-order chi connectivity index (χ0) is 13.1.